The van der Waals surface area contributed by atoms with Gasteiger partial charge in [-0.15, -0.1) is 0 Å². The third kappa shape index (κ3) is 6.55. The third-order valence-electron chi connectivity index (χ3n) is 6.36. The molecule has 7 nitrogen and oxygen atoms in total. The number of quaternary nitrogens is 2. The van der Waals surface area contributed by atoms with Crippen LogP contribution in [0.3, 0.4) is 0 Å². The van der Waals surface area contributed by atoms with Gasteiger partial charge in [-0.3, -0.25) is 9.59 Å². The Bertz CT molecular complexity index is 561. The fraction of sp³-hybridized carbons (Fsp3) is 0.857. The van der Waals surface area contributed by atoms with Crippen molar-refractivity contribution in [2.75, 3.05) is 26.2 Å². The fourth-order valence-electron chi connectivity index (χ4n) is 4.37. The van der Waals surface area contributed by atoms with E-state index in [1.165, 1.54) is 0 Å². The largest absolute Gasteiger partial charge is 0.459 e. The molecule has 0 spiro atoms. The summed E-state index contributed by atoms with van der Waals surface area (Å²) in [6, 6.07) is 0. The van der Waals surface area contributed by atoms with Crippen LogP contribution in [0.1, 0.15) is 66.2 Å². The third-order valence-corrected chi connectivity index (χ3v) is 6.36. The van der Waals surface area contributed by atoms with Crippen molar-refractivity contribution in [1.82, 2.24) is 0 Å². The van der Waals surface area contributed by atoms with Crippen LogP contribution in [0.25, 0.3) is 0 Å². The number of ether oxygens (including phenoxy) is 2. The minimum Gasteiger partial charge on any atom is -0.459 e. The Morgan fingerprint density at radius 2 is 1.18 bits per heavy atom. The van der Waals surface area contributed by atoms with E-state index in [0.717, 1.165) is 51.9 Å². The standard InChI is InChI=1S/C21H36N2O5/c1-20(2,15-7-11-22-12-8-15)27-18(25)6-5-17(24)19(26)28-21(3,4)16-9-13-23-14-10-16/h15-16,22-23H,5-14H2,1-4H3/p+2. The van der Waals surface area contributed by atoms with E-state index in [-0.39, 0.29) is 18.8 Å². The maximum atomic E-state index is 12.2. The van der Waals surface area contributed by atoms with Crippen LogP contribution in [-0.4, -0.2) is 55.1 Å². The Labute approximate surface area is 168 Å². The molecule has 0 aromatic heterocycles. The van der Waals surface area contributed by atoms with Crippen LogP contribution < -0.4 is 10.6 Å². The number of carbonyl (C=O) groups excluding carboxylic acids is 3. The number of carbonyl (C=O) groups is 3. The lowest BCUT2D eigenvalue weighted by Gasteiger charge is -2.35. The molecule has 2 fully saturated rings. The van der Waals surface area contributed by atoms with Crippen molar-refractivity contribution in [2.45, 2.75) is 77.4 Å². The van der Waals surface area contributed by atoms with Crippen molar-refractivity contribution >= 4 is 17.7 Å². The molecule has 2 aliphatic heterocycles. The van der Waals surface area contributed by atoms with Gasteiger partial charge in [-0.1, -0.05) is 0 Å². The van der Waals surface area contributed by atoms with Gasteiger partial charge in [0.05, 0.1) is 32.6 Å². The van der Waals surface area contributed by atoms with Gasteiger partial charge in [0.25, 0.3) is 0 Å². The van der Waals surface area contributed by atoms with Crippen LogP contribution >= 0.6 is 0 Å². The Hall–Kier alpha value is -1.47. The SMILES string of the molecule is CC(C)(OC(=O)CCC(=O)C(=O)OC(C)(C)C1CC[NH2+]CC1)C1CC[NH2+]CC1. The Morgan fingerprint density at radius 1 is 0.750 bits per heavy atom. The summed E-state index contributed by atoms with van der Waals surface area (Å²) in [5, 5.41) is 4.52. The zero-order chi connectivity index (χ0) is 20.8. The first-order valence-corrected chi connectivity index (χ1v) is 10.7. The molecule has 0 aliphatic carbocycles. The lowest BCUT2D eigenvalue weighted by molar-refractivity contribution is -0.666. The number of ketones is 1. The second kappa shape index (κ2) is 9.83. The second-order valence-corrected chi connectivity index (χ2v) is 9.27. The second-order valence-electron chi connectivity index (χ2n) is 9.27. The molecule has 0 amide bonds. The molecular formula is C21H38N2O5+2. The molecule has 2 aliphatic rings. The Kier molecular flexibility index (Phi) is 8.01. The average Bonchev–Trinajstić information content (AvgIpc) is 2.67. The van der Waals surface area contributed by atoms with Gasteiger partial charge in [-0.2, -0.15) is 0 Å². The molecule has 2 rings (SSSR count). The van der Waals surface area contributed by atoms with Crippen molar-refractivity contribution < 1.29 is 34.5 Å². The quantitative estimate of drug-likeness (QED) is 0.440. The molecule has 0 aromatic carbocycles. The highest BCUT2D eigenvalue weighted by molar-refractivity contribution is 6.33. The molecule has 160 valence electrons. The van der Waals surface area contributed by atoms with Crippen LogP contribution in [0.5, 0.6) is 0 Å². The smallest absolute Gasteiger partial charge is 0.375 e. The minimum atomic E-state index is -0.838. The van der Waals surface area contributed by atoms with Gasteiger partial charge in [0, 0.05) is 43.9 Å². The van der Waals surface area contributed by atoms with Gasteiger partial charge in [-0.25, -0.2) is 4.79 Å². The van der Waals surface area contributed by atoms with Gasteiger partial charge in [0.1, 0.15) is 11.2 Å². The van der Waals surface area contributed by atoms with E-state index >= 15 is 0 Å². The van der Waals surface area contributed by atoms with Gasteiger partial charge in [0.15, 0.2) is 0 Å². The van der Waals surface area contributed by atoms with Crippen molar-refractivity contribution in [1.29, 1.82) is 0 Å². The van der Waals surface area contributed by atoms with Crippen LogP contribution in [-0.2, 0) is 23.9 Å². The molecule has 0 unspecified atom stereocenters. The average molecular weight is 399 g/mol. The van der Waals surface area contributed by atoms with Crippen molar-refractivity contribution in [3.05, 3.63) is 0 Å². The highest BCUT2D eigenvalue weighted by Gasteiger charge is 2.38. The molecule has 0 saturated carbocycles. The molecule has 0 atom stereocenters. The highest BCUT2D eigenvalue weighted by atomic mass is 16.6. The van der Waals surface area contributed by atoms with Crippen LogP contribution in [0.15, 0.2) is 0 Å². The summed E-state index contributed by atoms with van der Waals surface area (Å²) < 4.78 is 11.2. The topological polar surface area (TPSA) is 103 Å². The molecule has 28 heavy (non-hydrogen) atoms. The van der Waals surface area contributed by atoms with Crippen molar-refractivity contribution in [3.8, 4) is 0 Å². The summed E-state index contributed by atoms with van der Waals surface area (Å²) in [6.45, 7) is 11.7. The number of rotatable bonds is 8. The van der Waals surface area contributed by atoms with E-state index in [0.29, 0.717) is 5.92 Å². The molecule has 0 radical (unpaired) electrons. The first-order valence-electron chi connectivity index (χ1n) is 10.7. The van der Waals surface area contributed by atoms with Gasteiger partial charge in [-0.05, 0) is 27.7 Å². The summed E-state index contributed by atoms with van der Waals surface area (Å²) >= 11 is 0. The summed E-state index contributed by atoms with van der Waals surface area (Å²) in [4.78, 5) is 36.6. The highest BCUT2D eigenvalue weighted by Crippen LogP contribution is 2.29. The molecule has 4 N–H and O–H groups in total. The number of hydrogen-bond acceptors (Lipinski definition) is 5. The lowest BCUT2D eigenvalue weighted by Crippen LogP contribution is -2.86. The predicted molar refractivity (Wildman–Crippen MR) is 103 cm³/mol. The summed E-state index contributed by atoms with van der Waals surface area (Å²) in [5.74, 6) is -1.34. The van der Waals surface area contributed by atoms with Gasteiger partial charge in [0.2, 0.25) is 5.78 Å². The molecular weight excluding hydrogens is 360 g/mol. The summed E-state index contributed by atoms with van der Waals surface area (Å²) in [5.41, 5.74) is -1.21. The van der Waals surface area contributed by atoms with E-state index < -0.39 is 28.9 Å². The molecule has 0 bridgehead atoms. The molecule has 0 aromatic rings. The summed E-state index contributed by atoms with van der Waals surface area (Å²) in [7, 11) is 0. The normalized spacial score (nSPS) is 19.9. The maximum Gasteiger partial charge on any atom is 0.375 e. The predicted octanol–water partition coefficient (Wildman–Crippen LogP) is -0.0739. The summed E-state index contributed by atoms with van der Waals surface area (Å²) in [6.07, 6.45) is 3.71. The zero-order valence-electron chi connectivity index (χ0n) is 17.9. The van der Waals surface area contributed by atoms with Gasteiger partial charge >= 0.3 is 11.9 Å². The Morgan fingerprint density at radius 3 is 1.64 bits per heavy atom. The Balaban J connectivity index is 1.77. The first kappa shape index (κ1) is 22.8. The maximum absolute atomic E-state index is 12.2. The van der Waals surface area contributed by atoms with Gasteiger partial charge < -0.3 is 20.1 Å². The van der Waals surface area contributed by atoms with E-state index in [1.54, 1.807) is 0 Å². The van der Waals surface area contributed by atoms with E-state index in [2.05, 4.69) is 10.6 Å². The number of piperidine rings is 2. The van der Waals surface area contributed by atoms with Crippen LogP contribution in [0.4, 0.5) is 0 Å². The first-order chi connectivity index (χ1) is 13.1. The minimum absolute atomic E-state index is 0.0883. The fourth-order valence-corrected chi connectivity index (χ4v) is 4.37. The van der Waals surface area contributed by atoms with E-state index in [1.807, 2.05) is 27.7 Å². The monoisotopic (exact) mass is 398 g/mol. The molecule has 2 heterocycles. The van der Waals surface area contributed by atoms with E-state index in [4.69, 9.17) is 9.47 Å². The zero-order valence-corrected chi connectivity index (χ0v) is 17.9. The van der Waals surface area contributed by atoms with Crippen LogP contribution in [0, 0.1) is 11.8 Å². The molecule has 7 heteroatoms. The number of hydrogen-bond donors (Lipinski definition) is 2. The number of nitrogens with two attached hydrogens (primary N) is 2. The number of esters is 2. The van der Waals surface area contributed by atoms with Crippen LogP contribution in [0.2, 0.25) is 0 Å². The van der Waals surface area contributed by atoms with E-state index in [9.17, 15) is 14.4 Å². The van der Waals surface area contributed by atoms with Crippen molar-refractivity contribution in [3.63, 3.8) is 0 Å². The number of Topliss-reactive ketones (excluding diaryl/α,β-unsaturated/α-hetero) is 1. The lowest BCUT2D eigenvalue weighted by atomic mass is 9.83. The van der Waals surface area contributed by atoms with Crippen molar-refractivity contribution in [2.24, 2.45) is 11.8 Å². The molecule has 2 saturated heterocycles.